The number of methoxy groups -OCH3 is 1. The maximum atomic E-state index is 5.84. The maximum absolute atomic E-state index is 5.84. The smallest absolute Gasteiger partial charge is 0.0713 e. The Morgan fingerprint density at radius 1 is 1.22 bits per heavy atom. The lowest BCUT2D eigenvalue weighted by Crippen LogP contribution is -2.12. The summed E-state index contributed by atoms with van der Waals surface area (Å²) in [6.07, 6.45) is 0. The Balaban J connectivity index is 1.86. The summed E-state index contributed by atoms with van der Waals surface area (Å²) in [6.45, 7) is 2.32. The molecular weight excluding hydrogens is 244 g/mol. The molecule has 0 aliphatic heterocycles. The first-order valence-electron chi connectivity index (χ1n) is 5.89. The number of benzene rings is 1. The van der Waals surface area contributed by atoms with Gasteiger partial charge in [0.25, 0.3) is 0 Å². The summed E-state index contributed by atoms with van der Waals surface area (Å²) >= 11 is 1.69. The van der Waals surface area contributed by atoms with Crippen LogP contribution in [0, 0.1) is 0 Å². The van der Waals surface area contributed by atoms with Gasteiger partial charge in [0, 0.05) is 30.8 Å². The molecule has 0 atom stereocenters. The first-order chi connectivity index (χ1) is 8.79. The third-order valence-corrected chi connectivity index (χ3v) is 3.63. The molecule has 0 amide bonds. The molecule has 0 saturated carbocycles. The van der Waals surface area contributed by atoms with Gasteiger partial charge >= 0.3 is 0 Å². The van der Waals surface area contributed by atoms with E-state index in [1.807, 2.05) is 11.4 Å². The van der Waals surface area contributed by atoms with Crippen LogP contribution in [0.4, 0.5) is 5.69 Å². The van der Waals surface area contributed by atoms with Gasteiger partial charge in [-0.15, -0.1) is 11.3 Å². The number of nitrogens with one attached hydrogen (secondary N) is 1. The highest BCUT2D eigenvalue weighted by Gasteiger charge is 2.00. The fourth-order valence-corrected chi connectivity index (χ4v) is 2.58. The zero-order valence-corrected chi connectivity index (χ0v) is 11.3. The van der Waals surface area contributed by atoms with Crippen LogP contribution in [0.2, 0.25) is 0 Å². The van der Waals surface area contributed by atoms with Gasteiger partial charge < -0.3 is 15.8 Å². The second-order valence-corrected chi connectivity index (χ2v) is 5.16. The normalized spacial score (nSPS) is 10.7. The molecule has 2 aromatic rings. The number of ether oxygens (including phenoxy) is 1. The fourth-order valence-electron chi connectivity index (χ4n) is 1.81. The van der Waals surface area contributed by atoms with Gasteiger partial charge in [-0.05, 0) is 22.6 Å². The van der Waals surface area contributed by atoms with Gasteiger partial charge in [-0.3, -0.25) is 0 Å². The average Bonchev–Trinajstić information content (AvgIpc) is 2.76. The molecule has 4 heteroatoms. The molecule has 1 heterocycles. The number of rotatable bonds is 6. The number of anilines is 1. The van der Waals surface area contributed by atoms with Crippen molar-refractivity contribution in [3.63, 3.8) is 0 Å². The van der Waals surface area contributed by atoms with Crippen molar-refractivity contribution in [2.75, 3.05) is 12.8 Å². The lowest BCUT2D eigenvalue weighted by molar-refractivity contribution is 0.185. The standard InChI is InChI=1S/C14H18N2OS/c1-17-10-12-4-2-3-11(7-12)8-16-9-14-13(15)5-6-18-14/h2-7,16H,8-10,15H2,1H3. The molecule has 0 radical (unpaired) electrons. The van der Waals surface area contributed by atoms with Crippen LogP contribution < -0.4 is 11.1 Å². The molecule has 1 aromatic carbocycles. The molecule has 2 rings (SSSR count). The van der Waals surface area contributed by atoms with Crippen molar-refractivity contribution < 1.29 is 4.74 Å². The summed E-state index contributed by atoms with van der Waals surface area (Å²) in [5.41, 5.74) is 9.18. The van der Waals surface area contributed by atoms with E-state index in [-0.39, 0.29) is 0 Å². The second-order valence-electron chi connectivity index (χ2n) is 4.16. The molecule has 0 aliphatic rings. The average molecular weight is 262 g/mol. The van der Waals surface area contributed by atoms with E-state index in [0.29, 0.717) is 6.61 Å². The summed E-state index contributed by atoms with van der Waals surface area (Å²) < 4.78 is 5.13. The van der Waals surface area contributed by atoms with E-state index in [1.54, 1.807) is 18.4 Å². The van der Waals surface area contributed by atoms with Gasteiger partial charge in [0.1, 0.15) is 0 Å². The third-order valence-electron chi connectivity index (χ3n) is 2.70. The SMILES string of the molecule is COCc1cccc(CNCc2sccc2N)c1. The molecule has 1 aromatic heterocycles. The highest BCUT2D eigenvalue weighted by atomic mass is 32.1. The first kappa shape index (κ1) is 13.1. The van der Waals surface area contributed by atoms with Crippen LogP contribution in [0.25, 0.3) is 0 Å². The largest absolute Gasteiger partial charge is 0.398 e. The zero-order chi connectivity index (χ0) is 12.8. The summed E-state index contributed by atoms with van der Waals surface area (Å²) in [5.74, 6) is 0. The Labute approximate surface area is 112 Å². The predicted molar refractivity (Wildman–Crippen MR) is 76.4 cm³/mol. The summed E-state index contributed by atoms with van der Waals surface area (Å²) in [5, 5.41) is 5.42. The molecule has 0 aliphatic carbocycles. The van der Waals surface area contributed by atoms with E-state index in [1.165, 1.54) is 16.0 Å². The molecule has 0 saturated heterocycles. The van der Waals surface area contributed by atoms with Crippen molar-refractivity contribution in [2.45, 2.75) is 19.7 Å². The van der Waals surface area contributed by atoms with E-state index >= 15 is 0 Å². The monoisotopic (exact) mass is 262 g/mol. The van der Waals surface area contributed by atoms with E-state index in [4.69, 9.17) is 10.5 Å². The lowest BCUT2D eigenvalue weighted by atomic mass is 10.1. The van der Waals surface area contributed by atoms with Crippen LogP contribution in [0.1, 0.15) is 16.0 Å². The molecule has 0 spiro atoms. The Bertz CT molecular complexity index is 496. The van der Waals surface area contributed by atoms with Crippen LogP contribution in [0.5, 0.6) is 0 Å². The van der Waals surface area contributed by atoms with Crippen molar-refractivity contribution >= 4 is 17.0 Å². The zero-order valence-electron chi connectivity index (χ0n) is 10.5. The van der Waals surface area contributed by atoms with Gasteiger partial charge in [0.05, 0.1) is 6.61 Å². The van der Waals surface area contributed by atoms with Crippen LogP contribution in [-0.2, 0) is 24.4 Å². The highest BCUT2D eigenvalue weighted by Crippen LogP contribution is 2.18. The summed E-state index contributed by atoms with van der Waals surface area (Å²) in [4.78, 5) is 1.20. The van der Waals surface area contributed by atoms with Crippen molar-refractivity contribution in [1.29, 1.82) is 0 Å². The minimum atomic E-state index is 0.658. The molecule has 3 nitrogen and oxygen atoms in total. The van der Waals surface area contributed by atoms with Crippen molar-refractivity contribution in [1.82, 2.24) is 5.32 Å². The van der Waals surface area contributed by atoms with Gasteiger partial charge in [-0.2, -0.15) is 0 Å². The highest BCUT2D eigenvalue weighted by molar-refractivity contribution is 7.10. The van der Waals surface area contributed by atoms with E-state index in [9.17, 15) is 0 Å². The Hall–Kier alpha value is -1.36. The molecule has 0 unspecified atom stereocenters. The first-order valence-corrected chi connectivity index (χ1v) is 6.77. The summed E-state index contributed by atoms with van der Waals surface area (Å²) in [7, 11) is 1.71. The van der Waals surface area contributed by atoms with Crippen LogP contribution in [0.3, 0.4) is 0 Å². The molecule has 0 fully saturated rings. The van der Waals surface area contributed by atoms with Gasteiger partial charge in [0.2, 0.25) is 0 Å². The van der Waals surface area contributed by atoms with Gasteiger partial charge in [-0.25, -0.2) is 0 Å². The number of hydrogen-bond donors (Lipinski definition) is 2. The minimum absolute atomic E-state index is 0.658. The molecular formula is C14H18N2OS. The van der Waals surface area contributed by atoms with E-state index in [2.05, 4.69) is 29.6 Å². The minimum Gasteiger partial charge on any atom is -0.398 e. The Morgan fingerprint density at radius 2 is 2.06 bits per heavy atom. The quantitative estimate of drug-likeness (QED) is 0.841. The second kappa shape index (κ2) is 6.54. The number of nitrogens with two attached hydrogens (primary N) is 1. The van der Waals surface area contributed by atoms with Gasteiger partial charge in [0.15, 0.2) is 0 Å². The fraction of sp³-hybridized carbons (Fsp3) is 0.286. The van der Waals surface area contributed by atoms with Crippen molar-refractivity contribution in [3.05, 3.63) is 51.7 Å². The maximum Gasteiger partial charge on any atom is 0.0713 e. The third kappa shape index (κ3) is 3.57. The number of nitrogen functional groups attached to an aromatic ring is 1. The molecule has 3 N–H and O–H groups in total. The van der Waals surface area contributed by atoms with Crippen LogP contribution in [-0.4, -0.2) is 7.11 Å². The summed E-state index contributed by atoms with van der Waals surface area (Å²) in [6, 6.07) is 10.4. The predicted octanol–water partition coefficient (Wildman–Crippen LogP) is 2.77. The Kier molecular flexibility index (Phi) is 4.75. The molecule has 0 bridgehead atoms. The molecule has 96 valence electrons. The van der Waals surface area contributed by atoms with E-state index < -0.39 is 0 Å². The number of thiophene rings is 1. The topological polar surface area (TPSA) is 47.3 Å². The van der Waals surface area contributed by atoms with Crippen molar-refractivity contribution in [3.8, 4) is 0 Å². The van der Waals surface area contributed by atoms with E-state index in [0.717, 1.165) is 18.8 Å². The van der Waals surface area contributed by atoms with Crippen molar-refractivity contribution in [2.24, 2.45) is 0 Å². The lowest BCUT2D eigenvalue weighted by Gasteiger charge is -2.06. The number of hydrogen-bond acceptors (Lipinski definition) is 4. The van der Waals surface area contributed by atoms with Crippen LogP contribution >= 0.6 is 11.3 Å². The Morgan fingerprint density at radius 3 is 2.78 bits per heavy atom. The van der Waals surface area contributed by atoms with Crippen LogP contribution in [0.15, 0.2) is 35.7 Å². The molecule has 18 heavy (non-hydrogen) atoms. The van der Waals surface area contributed by atoms with Gasteiger partial charge in [-0.1, -0.05) is 24.3 Å².